The van der Waals surface area contributed by atoms with Gasteiger partial charge in [0.2, 0.25) is 0 Å². The Kier molecular flexibility index (Phi) is 4.80. The first kappa shape index (κ1) is 15.8. The summed E-state index contributed by atoms with van der Waals surface area (Å²) in [5.41, 5.74) is 6.65. The number of nitrogens with one attached hydrogen (secondary N) is 1. The quantitative estimate of drug-likeness (QED) is 0.747. The zero-order chi connectivity index (χ0) is 16.2. The van der Waals surface area contributed by atoms with Crippen LogP contribution in [0.1, 0.15) is 39.0 Å². The maximum atomic E-state index is 12.2. The lowest BCUT2D eigenvalue weighted by molar-refractivity contribution is 0.100. The highest BCUT2D eigenvalue weighted by molar-refractivity contribution is 5.81. The second-order valence-electron chi connectivity index (χ2n) is 5.80. The van der Waals surface area contributed by atoms with Crippen LogP contribution in [0.25, 0.3) is 11.2 Å². The van der Waals surface area contributed by atoms with Crippen LogP contribution in [0.3, 0.4) is 0 Å². The summed E-state index contributed by atoms with van der Waals surface area (Å²) in [5.74, 6) is 0.231. The van der Waals surface area contributed by atoms with Crippen LogP contribution in [0.4, 0.5) is 5.82 Å². The zero-order valence-electron chi connectivity index (χ0n) is 13.4. The molecular formula is C15H23N5O3. The van der Waals surface area contributed by atoms with Gasteiger partial charge in [-0.1, -0.05) is 13.3 Å². The van der Waals surface area contributed by atoms with Gasteiger partial charge in [-0.05, 0) is 25.7 Å². The van der Waals surface area contributed by atoms with E-state index in [-0.39, 0.29) is 23.6 Å². The largest absolute Gasteiger partial charge is 0.463 e. The Morgan fingerprint density at radius 2 is 2.35 bits per heavy atom. The number of rotatable bonds is 7. The van der Waals surface area contributed by atoms with Gasteiger partial charge in [0.1, 0.15) is 5.52 Å². The molecule has 1 fully saturated rings. The molecule has 0 spiro atoms. The number of nitrogens with two attached hydrogens (primary N) is 1. The number of aromatic amines is 1. The van der Waals surface area contributed by atoms with Crippen molar-refractivity contribution in [2.75, 3.05) is 18.9 Å². The summed E-state index contributed by atoms with van der Waals surface area (Å²) < 4.78 is 12.7. The molecule has 23 heavy (non-hydrogen) atoms. The standard InChI is InChI=1S/C15H23N5O3/c1-2-3-8-23-14-18-12(16)11-13(19-14)20(15(21)17-11)7-6-10-5-4-9-22-10/h10H,2-9H2,1H3,(H,17,21)(H2,16,18,19)/t10-/m0/s1. The van der Waals surface area contributed by atoms with Gasteiger partial charge in [0, 0.05) is 13.2 Å². The Balaban J connectivity index is 1.83. The van der Waals surface area contributed by atoms with Gasteiger partial charge in [-0.3, -0.25) is 4.57 Å². The first-order valence-electron chi connectivity index (χ1n) is 8.19. The van der Waals surface area contributed by atoms with E-state index in [2.05, 4.69) is 21.9 Å². The fraction of sp³-hybridized carbons (Fsp3) is 0.667. The van der Waals surface area contributed by atoms with Crippen molar-refractivity contribution in [3.63, 3.8) is 0 Å². The number of H-pyrrole nitrogens is 1. The lowest BCUT2D eigenvalue weighted by Crippen LogP contribution is -2.20. The molecule has 0 saturated carbocycles. The van der Waals surface area contributed by atoms with E-state index in [1.807, 2.05) is 0 Å². The molecule has 3 rings (SSSR count). The van der Waals surface area contributed by atoms with E-state index < -0.39 is 0 Å². The molecule has 3 N–H and O–H groups in total. The topological polar surface area (TPSA) is 108 Å². The van der Waals surface area contributed by atoms with Gasteiger partial charge in [-0.2, -0.15) is 9.97 Å². The first-order valence-corrected chi connectivity index (χ1v) is 8.19. The number of unbranched alkanes of at least 4 members (excludes halogenated alkanes) is 1. The van der Waals surface area contributed by atoms with E-state index in [0.717, 1.165) is 38.7 Å². The SMILES string of the molecule is CCCCOc1nc(N)c2[nH]c(=O)n(CC[C@@H]3CCCO3)c2n1. The minimum Gasteiger partial charge on any atom is -0.463 e. The molecule has 2 aromatic rings. The Bertz CT molecular complexity index is 718. The summed E-state index contributed by atoms with van der Waals surface area (Å²) in [6, 6.07) is 0.216. The smallest absolute Gasteiger partial charge is 0.327 e. The van der Waals surface area contributed by atoms with Crippen molar-refractivity contribution in [2.45, 2.75) is 51.7 Å². The number of hydrogen-bond acceptors (Lipinski definition) is 6. The second-order valence-corrected chi connectivity index (χ2v) is 5.80. The molecule has 2 aromatic heterocycles. The van der Waals surface area contributed by atoms with Crippen LogP contribution in [0.5, 0.6) is 6.01 Å². The number of imidazole rings is 1. The second kappa shape index (κ2) is 6.99. The molecular weight excluding hydrogens is 298 g/mol. The highest BCUT2D eigenvalue weighted by Crippen LogP contribution is 2.20. The van der Waals surface area contributed by atoms with E-state index in [1.54, 1.807) is 4.57 Å². The summed E-state index contributed by atoms with van der Waals surface area (Å²) in [7, 11) is 0. The van der Waals surface area contributed by atoms with Gasteiger partial charge in [0.15, 0.2) is 11.5 Å². The fourth-order valence-electron chi connectivity index (χ4n) is 2.76. The third-order valence-corrected chi connectivity index (χ3v) is 4.06. The van der Waals surface area contributed by atoms with Crippen molar-refractivity contribution >= 4 is 17.0 Å². The molecule has 8 heteroatoms. The van der Waals surface area contributed by atoms with E-state index in [9.17, 15) is 4.79 Å². The Hall–Kier alpha value is -2.09. The van der Waals surface area contributed by atoms with Gasteiger partial charge in [-0.25, -0.2) is 4.79 Å². The van der Waals surface area contributed by atoms with Gasteiger partial charge < -0.3 is 20.2 Å². The third kappa shape index (κ3) is 3.47. The van der Waals surface area contributed by atoms with Crippen LogP contribution in [-0.4, -0.2) is 38.8 Å². The van der Waals surface area contributed by atoms with E-state index in [4.69, 9.17) is 15.2 Å². The van der Waals surface area contributed by atoms with Gasteiger partial charge >= 0.3 is 11.7 Å². The van der Waals surface area contributed by atoms with Gasteiger partial charge in [0.05, 0.1) is 12.7 Å². The van der Waals surface area contributed by atoms with Crippen LogP contribution in [0, 0.1) is 0 Å². The predicted molar refractivity (Wildman–Crippen MR) is 86.6 cm³/mol. The average molecular weight is 321 g/mol. The molecule has 126 valence electrons. The molecule has 0 unspecified atom stereocenters. The van der Waals surface area contributed by atoms with Crippen LogP contribution < -0.4 is 16.2 Å². The monoisotopic (exact) mass is 321 g/mol. The van der Waals surface area contributed by atoms with Crippen molar-refractivity contribution in [3.05, 3.63) is 10.5 Å². The number of anilines is 1. The molecule has 1 aliphatic heterocycles. The highest BCUT2D eigenvalue weighted by Gasteiger charge is 2.18. The Morgan fingerprint density at radius 3 is 3.09 bits per heavy atom. The van der Waals surface area contributed by atoms with E-state index >= 15 is 0 Å². The van der Waals surface area contributed by atoms with Crippen molar-refractivity contribution in [3.8, 4) is 6.01 Å². The number of ether oxygens (including phenoxy) is 2. The first-order chi connectivity index (χ1) is 11.2. The molecule has 1 atom stereocenters. The van der Waals surface area contributed by atoms with Crippen molar-refractivity contribution in [1.82, 2.24) is 19.5 Å². The molecule has 1 saturated heterocycles. The third-order valence-electron chi connectivity index (χ3n) is 4.06. The van der Waals surface area contributed by atoms with Crippen LogP contribution in [0.2, 0.25) is 0 Å². The van der Waals surface area contributed by atoms with Crippen LogP contribution in [-0.2, 0) is 11.3 Å². The Labute approximate surface area is 134 Å². The maximum absolute atomic E-state index is 12.2. The zero-order valence-corrected chi connectivity index (χ0v) is 13.4. The molecule has 0 bridgehead atoms. The summed E-state index contributed by atoms with van der Waals surface area (Å²) in [6.07, 6.45) is 5.06. The molecule has 0 amide bonds. The van der Waals surface area contributed by atoms with Crippen molar-refractivity contribution < 1.29 is 9.47 Å². The predicted octanol–water partition coefficient (Wildman–Crippen LogP) is 1.45. The summed E-state index contributed by atoms with van der Waals surface area (Å²) in [5, 5.41) is 0. The normalized spacial score (nSPS) is 17.9. The van der Waals surface area contributed by atoms with E-state index in [0.29, 0.717) is 24.3 Å². The molecule has 0 aliphatic carbocycles. The van der Waals surface area contributed by atoms with Gasteiger partial charge in [-0.15, -0.1) is 0 Å². The average Bonchev–Trinajstić information content (AvgIpc) is 3.14. The van der Waals surface area contributed by atoms with Crippen LogP contribution >= 0.6 is 0 Å². The van der Waals surface area contributed by atoms with Crippen LogP contribution in [0.15, 0.2) is 4.79 Å². The fourth-order valence-corrected chi connectivity index (χ4v) is 2.76. The minimum atomic E-state index is -0.232. The van der Waals surface area contributed by atoms with Crippen molar-refractivity contribution in [2.24, 2.45) is 0 Å². The molecule has 8 nitrogen and oxygen atoms in total. The highest BCUT2D eigenvalue weighted by atomic mass is 16.5. The number of fused-ring (bicyclic) bond motifs is 1. The number of hydrogen-bond donors (Lipinski definition) is 2. The minimum absolute atomic E-state index is 0.214. The summed E-state index contributed by atoms with van der Waals surface area (Å²) in [6.45, 7) is 3.95. The molecule has 0 aromatic carbocycles. The number of nitrogen functional groups attached to an aromatic ring is 1. The van der Waals surface area contributed by atoms with Crippen molar-refractivity contribution in [1.29, 1.82) is 0 Å². The number of aryl methyl sites for hydroxylation is 1. The summed E-state index contributed by atoms with van der Waals surface area (Å²) >= 11 is 0. The molecule has 3 heterocycles. The lowest BCUT2D eigenvalue weighted by Gasteiger charge is -2.10. The Morgan fingerprint density at radius 1 is 1.48 bits per heavy atom. The molecule has 1 aliphatic rings. The van der Waals surface area contributed by atoms with E-state index in [1.165, 1.54) is 0 Å². The lowest BCUT2D eigenvalue weighted by atomic mass is 10.2. The molecule has 0 radical (unpaired) electrons. The number of nitrogens with zero attached hydrogens (tertiary/aromatic N) is 3. The van der Waals surface area contributed by atoms with Gasteiger partial charge in [0.25, 0.3) is 0 Å². The maximum Gasteiger partial charge on any atom is 0.327 e. The number of aromatic nitrogens is 4. The summed E-state index contributed by atoms with van der Waals surface area (Å²) in [4.78, 5) is 23.3.